The number of hydrogen-bond acceptors (Lipinski definition) is 3. The lowest BCUT2D eigenvalue weighted by Gasteiger charge is -2.09. The fraction of sp³-hybridized carbons (Fsp3) is 0.312. The molecule has 116 valence electrons. The number of benzene rings is 1. The fourth-order valence-corrected chi connectivity index (χ4v) is 2.11. The van der Waals surface area contributed by atoms with Gasteiger partial charge in [0.1, 0.15) is 5.69 Å². The minimum atomic E-state index is -0.532. The highest BCUT2D eigenvalue weighted by molar-refractivity contribution is 6.04. The summed E-state index contributed by atoms with van der Waals surface area (Å²) in [6, 6.07) is 7.21. The van der Waals surface area contributed by atoms with Crippen molar-refractivity contribution in [1.29, 1.82) is 0 Å². The van der Waals surface area contributed by atoms with Gasteiger partial charge in [0.25, 0.3) is 11.5 Å². The Morgan fingerprint density at radius 3 is 2.23 bits per heavy atom. The molecule has 1 aromatic heterocycles. The number of nitrogens with zero attached hydrogens (tertiary/aromatic N) is 2. The van der Waals surface area contributed by atoms with Gasteiger partial charge in [0, 0.05) is 25.9 Å². The summed E-state index contributed by atoms with van der Waals surface area (Å²) < 4.78 is 2.20. The number of hydrogen-bond donors (Lipinski definition) is 1. The molecule has 2 aromatic rings. The van der Waals surface area contributed by atoms with Gasteiger partial charge in [-0.05, 0) is 23.6 Å². The summed E-state index contributed by atoms with van der Waals surface area (Å²) >= 11 is 0. The molecule has 1 heterocycles. The zero-order chi connectivity index (χ0) is 16.4. The molecule has 0 fully saturated rings. The first-order chi connectivity index (χ1) is 10.3. The second-order valence-electron chi connectivity index (χ2n) is 5.53. The Labute approximate surface area is 128 Å². The number of nitrogens with one attached hydrogen (secondary N) is 1. The van der Waals surface area contributed by atoms with E-state index in [1.165, 1.54) is 24.9 Å². The van der Waals surface area contributed by atoms with Gasteiger partial charge >= 0.3 is 5.69 Å². The standard InChI is InChI=1S/C16H19N3O3/c1-10(2)11-5-7-12(8-6-11)14(20)17-13-9-18(3)16(22)19(4)15(13)21/h5-10H,1-4H3,(H,17,20). The zero-order valence-electron chi connectivity index (χ0n) is 13.1. The van der Waals surface area contributed by atoms with E-state index in [1.807, 2.05) is 12.1 Å². The van der Waals surface area contributed by atoms with Crippen LogP contribution in [0, 0.1) is 0 Å². The van der Waals surface area contributed by atoms with Gasteiger partial charge in [-0.1, -0.05) is 26.0 Å². The van der Waals surface area contributed by atoms with E-state index < -0.39 is 11.2 Å². The third-order valence-electron chi connectivity index (χ3n) is 3.53. The van der Waals surface area contributed by atoms with E-state index in [0.29, 0.717) is 11.5 Å². The maximum Gasteiger partial charge on any atom is 0.330 e. The van der Waals surface area contributed by atoms with Crippen LogP contribution in [0.15, 0.2) is 40.1 Å². The van der Waals surface area contributed by atoms with Crippen LogP contribution in [-0.4, -0.2) is 15.0 Å². The summed E-state index contributed by atoms with van der Waals surface area (Å²) in [4.78, 5) is 35.8. The maximum absolute atomic E-state index is 12.2. The minimum Gasteiger partial charge on any atom is -0.316 e. The first-order valence-electron chi connectivity index (χ1n) is 6.99. The van der Waals surface area contributed by atoms with Crippen molar-refractivity contribution in [3.8, 4) is 0 Å². The zero-order valence-corrected chi connectivity index (χ0v) is 13.1. The van der Waals surface area contributed by atoms with Crippen LogP contribution in [0.4, 0.5) is 5.69 Å². The van der Waals surface area contributed by atoms with Crippen molar-refractivity contribution >= 4 is 11.6 Å². The molecule has 0 aliphatic heterocycles. The molecule has 0 spiro atoms. The van der Waals surface area contributed by atoms with Gasteiger partial charge in [0.15, 0.2) is 0 Å². The first-order valence-corrected chi connectivity index (χ1v) is 6.99. The van der Waals surface area contributed by atoms with E-state index in [-0.39, 0.29) is 11.6 Å². The van der Waals surface area contributed by atoms with Crippen LogP contribution in [-0.2, 0) is 14.1 Å². The Balaban J connectivity index is 2.30. The fourth-order valence-electron chi connectivity index (χ4n) is 2.11. The van der Waals surface area contributed by atoms with Crippen molar-refractivity contribution in [2.75, 3.05) is 5.32 Å². The number of amides is 1. The number of aryl methyl sites for hydroxylation is 1. The number of carbonyl (C=O) groups excluding carboxylic acids is 1. The molecule has 0 saturated carbocycles. The van der Waals surface area contributed by atoms with E-state index in [0.717, 1.165) is 10.1 Å². The smallest absolute Gasteiger partial charge is 0.316 e. The van der Waals surface area contributed by atoms with E-state index in [1.54, 1.807) is 12.1 Å². The van der Waals surface area contributed by atoms with Crippen molar-refractivity contribution in [2.24, 2.45) is 14.1 Å². The molecule has 2 rings (SSSR count). The van der Waals surface area contributed by atoms with E-state index >= 15 is 0 Å². The molecule has 0 bridgehead atoms. The molecule has 0 aliphatic carbocycles. The molecule has 1 N–H and O–H groups in total. The van der Waals surface area contributed by atoms with Crippen LogP contribution in [0.2, 0.25) is 0 Å². The van der Waals surface area contributed by atoms with Gasteiger partial charge in [-0.3, -0.25) is 14.2 Å². The molecule has 6 heteroatoms. The number of carbonyl (C=O) groups is 1. The molecule has 1 amide bonds. The predicted molar refractivity (Wildman–Crippen MR) is 85.4 cm³/mol. The second kappa shape index (κ2) is 6.01. The van der Waals surface area contributed by atoms with E-state index in [4.69, 9.17) is 0 Å². The molecule has 0 unspecified atom stereocenters. The van der Waals surface area contributed by atoms with Crippen LogP contribution in [0.1, 0.15) is 35.7 Å². The van der Waals surface area contributed by atoms with Crippen molar-refractivity contribution in [1.82, 2.24) is 9.13 Å². The van der Waals surface area contributed by atoms with Crippen molar-refractivity contribution in [2.45, 2.75) is 19.8 Å². The molecule has 0 atom stereocenters. The SMILES string of the molecule is CC(C)c1ccc(C(=O)Nc2cn(C)c(=O)n(C)c2=O)cc1. The lowest BCUT2D eigenvalue weighted by atomic mass is 10.0. The summed E-state index contributed by atoms with van der Waals surface area (Å²) in [7, 11) is 2.90. The van der Waals surface area contributed by atoms with Gasteiger partial charge in [0.05, 0.1) is 0 Å². The van der Waals surface area contributed by atoms with Crippen LogP contribution in [0.5, 0.6) is 0 Å². The van der Waals surface area contributed by atoms with Crippen molar-refractivity contribution in [3.63, 3.8) is 0 Å². The Morgan fingerprint density at radius 1 is 1.09 bits per heavy atom. The topological polar surface area (TPSA) is 73.1 Å². The summed E-state index contributed by atoms with van der Waals surface area (Å²) in [5.41, 5.74) is 0.692. The first kappa shape index (κ1) is 15.8. The van der Waals surface area contributed by atoms with Gasteiger partial charge in [0.2, 0.25) is 0 Å². The van der Waals surface area contributed by atoms with Gasteiger partial charge < -0.3 is 9.88 Å². The van der Waals surface area contributed by atoms with Crippen LogP contribution >= 0.6 is 0 Å². The Kier molecular flexibility index (Phi) is 4.30. The lowest BCUT2D eigenvalue weighted by molar-refractivity contribution is 0.102. The average molecular weight is 301 g/mol. The summed E-state index contributed by atoms with van der Waals surface area (Å²) in [6.07, 6.45) is 1.32. The Morgan fingerprint density at radius 2 is 1.68 bits per heavy atom. The maximum atomic E-state index is 12.2. The van der Waals surface area contributed by atoms with E-state index in [2.05, 4.69) is 19.2 Å². The van der Waals surface area contributed by atoms with Gasteiger partial charge in [-0.25, -0.2) is 4.79 Å². The van der Waals surface area contributed by atoms with Crippen molar-refractivity contribution < 1.29 is 4.79 Å². The number of rotatable bonds is 3. The lowest BCUT2D eigenvalue weighted by Crippen LogP contribution is -2.38. The number of aromatic nitrogens is 2. The molecular formula is C16H19N3O3. The molecule has 0 saturated heterocycles. The minimum absolute atomic E-state index is 0.0718. The molecule has 0 aliphatic rings. The largest absolute Gasteiger partial charge is 0.330 e. The summed E-state index contributed by atoms with van der Waals surface area (Å²) in [5.74, 6) is -0.000825. The predicted octanol–water partition coefficient (Wildman–Crippen LogP) is 1.46. The van der Waals surface area contributed by atoms with Gasteiger partial charge in [-0.15, -0.1) is 0 Å². The highest BCUT2D eigenvalue weighted by Crippen LogP contribution is 2.15. The average Bonchev–Trinajstić information content (AvgIpc) is 2.50. The van der Waals surface area contributed by atoms with Crippen LogP contribution in [0.3, 0.4) is 0 Å². The Bertz CT molecular complexity index is 814. The summed E-state index contributed by atoms with van der Waals surface area (Å²) in [6.45, 7) is 4.15. The second-order valence-corrected chi connectivity index (χ2v) is 5.53. The molecule has 0 radical (unpaired) electrons. The van der Waals surface area contributed by atoms with E-state index in [9.17, 15) is 14.4 Å². The quantitative estimate of drug-likeness (QED) is 0.932. The van der Waals surface area contributed by atoms with Crippen molar-refractivity contribution in [3.05, 3.63) is 62.4 Å². The highest BCUT2D eigenvalue weighted by Gasteiger charge is 2.12. The van der Waals surface area contributed by atoms with Gasteiger partial charge in [-0.2, -0.15) is 0 Å². The monoisotopic (exact) mass is 301 g/mol. The molecule has 22 heavy (non-hydrogen) atoms. The van der Waals surface area contributed by atoms with Crippen LogP contribution < -0.4 is 16.6 Å². The molecular weight excluding hydrogens is 282 g/mol. The third kappa shape index (κ3) is 3.00. The third-order valence-corrected chi connectivity index (χ3v) is 3.53. The Hall–Kier alpha value is -2.63. The highest BCUT2D eigenvalue weighted by atomic mass is 16.2. The molecule has 6 nitrogen and oxygen atoms in total. The molecule has 1 aromatic carbocycles. The van der Waals surface area contributed by atoms with Crippen LogP contribution in [0.25, 0.3) is 0 Å². The number of anilines is 1. The normalized spacial score (nSPS) is 10.8. The summed E-state index contributed by atoms with van der Waals surface area (Å²) in [5, 5.41) is 2.55.